The lowest BCUT2D eigenvalue weighted by molar-refractivity contribution is -0.121. The van der Waals surface area contributed by atoms with Gasteiger partial charge >= 0.3 is 0 Å². The lowest BCUT2D eigenvalue weighted by Gasteiger charge is -2.36. The van der Waals surface area contributed by atoms with E-state index in [1.165, 1.54) is 0 Å². The molecule has 4 nitrogen and oxygen atoms in total. The second kappa shape index (κ2) is 5.97. The van der Waals surface area contributed by atoms with Crippen LogP contribution in [0, 0.1) is 5.92 Å². The summed E-state index contributed by atoms with van der Waals surface area (Å²) in [5.41, 5.74) is 0. The van der Waals surface area contributed by atoms with E-state index >= 15 is 0 Å². The van der Waals surface area contributed by atoms with Gasteiger partial charge in [0.25, 0.3) is 0 Å². The molecule has 0 aliphatic heterocycles. The summed E-state index contributed by atoms with van der Waals surface area (Å²) in [7, 11) is 1.46. The van der Waals surface area contributed by atoms with Crippen LogP contribution in [-0.4, -0.2) is 43.9 Å². The standard InChI is InChI=1S/C13H28N2O2Si/c1-10(9-13(3,4)18(7,8)17)12(16)14-11(2)15(5)6/h10,17H,9H2,1-8H3/t10-/m0/s1. The van der Waals surface area contributed by atoms with Crippen LogP contribution >= 0.6 is 0 Å². The first kappa shape index (κ1) is 17.3. The number of hydrogen-bond acceptors (Lipinski definition) is 2. The third-order valence-corrected chi connectivity index (χ3v) is 7.33. The van der Waals surface area contributed by atoms with E-state index in [1.807, 2.05) is 59.8 Å². The minimum Gasteiger partial charge on any atom is -0.432 e. The van der Waals surface area contributed by atoms with E-state index in [4.69, 9.17) is 0 Å². The fourth-order valence-corrected chi connectivity index (χ4v) is 2.28. The Morgan fingerprint density at radius 3 is 2.17 bits per heavy atom. The Hall–Kier alpha value is -0.683. The zero-order valence-corrected chi connectivity index (χ0v) is 14.0. The summed E-state index contributed by atoms with van der Waals surface area (Å²) < 4.78 is 0. The van der Waals surface area contributed by atoms with Gasteiger partial charge in [-0.1, -0.05) is 20.8 Å². The summed E-state index contributed by atoms with van der Waals surface area (Å²) in [6.45, 7) is 11.6. The Bertz CT molecular complexity index is 330. The highest BCUT2D eigenvalue weighted by molar-refractivity contribution is 6.72. The summed E-state index contributed by atoms with van der Waals surface area (Å²) in [6, 6.07) is 0. The minimum atomic E-state index is -2.27. The molecule has 0 aromatic heterocycles. The van der Waals surface area contributed by atoms with Gasteiger partial charge in [0.05, 0.1) is 0 Å². The van der Waals surface area contributed by atoms with Crippen LogP contribution in [0.4, 0.5) is 0 Å². The molecular weight excluding hydrogens is 244 g/mol. The first-order valence-electron chi connectivity index (χ1n) is 6.37. The van der Waals surface area contributed by atoms with Crippen molar-refractivity contribution in [2.45, 2.75) is 52.2 Å². The number of aliphatic imine (C=N–C) groups is 1. The predicted molar refractivity (Wildman–Crippen MR) is 79.3 cm³/mol. The number of rotatable bonds is 4. The lowest BCUT2D eigenvalue weighted by atomic mass is 9.97. The number of hydrogen-bond donors (Lipinski definition) is 1. The van der Waals surface area contributed by atoms with Crippen molar-refractivity contribution >= 4 is 20.1 Å². The largest absolute Gasteiger partial charge is 0.432 e. The van der Waals surface area contributed by atoms with Crippen molar-refractivity contribution in [2.75, 3.05) is 14.1 Å². The van der Waals surface area contributed by atoms with Gasteiger partial charge in [0.15, 0.2) is 8.32 Å². The molecule has 1 N–H and O–H groups in total. The van der Waals surface area contributed by atoms with Crippen LogP contribution in [0.3, 0.4) is 0 Å². The number of carbonyl (C=O) groups is 1. The van der Waals surface area contributed by atoms with E-state index in [-0.39, 0.29) is 16.9 Å². The molecule has 0 aromatic rings. The second-order valence-corrected chi connectivity index (χ2v) is 10.9. The predicted octanol–water partition coefficient (Wildman–Crippen LogP) is 2.50. The fourth-order valence-electron chi connectivity index (χ4n) is 1.47. The third kappa shape index (κ3) is 4.90. The molecule has 0 unspecified atom stereocenters. The van der Waals surface area contributed by atoms with E-state index in [2.05, 4.69) is 4.99 Å². The molecule has 0 aromatic carbocycles. The van der Waals surface area contributed by atoms with Crippen molar-refractivity contribution in [2.24, 2.45) is 10.9 Å². The highest BCUT2D eigenvalue weighted by atomic mass is 28.4. The number of nitrogens with zero attached hydrogens (tertiary/aromatic N) is 2. The lowest BCUT2D eigenvalue weighted by Crippen LogP contribution is -2.40. The monoisotopic (exact) mass is 272 g/mol. The molecule has 0 rings (SSSR count). The molecule has 1 amide bonds. The van der Waals surface area contributed by atoms with E-state index in [1.54, 1.807) is 0 Å². The van der Waals surface area contributed by atoms with Gasteiger partial charge < -0.3 is 9.70 Å². The smallest absolute Gasteiger partial charge is 0.250 e. The van der Waals surface area contributed by atoms with E-state index in [0.717, 1.165) is 0 Å². The van der Waals surface area contributed by atoms with Crippen LogP contribution in [0.2, 0.25) is 18.1 Å². The van der Waals surface area contributed by atoms with Crippen molar-refractivity contribution in [1.29, 1.82) is 0 Å². The van der Waals surface area contributed by atoms with Gasteiger partial charge in [0.2, 0.25) is 5.91 Å². The van der Waals surface area contributed by atoms with Gasteiger partial charge in [-0.2, -0.15) is 0 Å². The summed E-state index contributed by atoms with van der Waals surface area (Å²) in [4.78, 5) is 28.1. The minimum absolute atomic E-state index is 0.104. The quantitative estimate of drug-likeness (QED) is 0.486. The molecule has 1 atom stereocenters. The van der Waals surface area contributed by atoms with Gasteiger partial charge in [0, 0.05) is 20.0 Å². The average Bonchev–Trinajstić information content (AvgIpc) is 2.14. The summed E-state index contributed by atoms with van der Waals surface area (Å²) in [5, 5.41) is -0.191. The second-order valence-electron chi connectivity index (χ2n) is 6.44. The summed E-state index contributed by atoms with van der Waals surface area (Å²) in [5.74, 6) is 0.450. The Kier molecular flexibility index (Phi) is 5.75. The molecule has 0 heterocycles. The topological polar surface area (TPSA) is 52.9 Å². The van der Waals surface area contributed by atoms with E-state index in [0.29, 0.717) is 12.3 Å². The fraction of sp³-hybridized carbons (Fsp3) is 0.846. The molecule has 106 valence electrons. The van der Waals surface area contributed by atoms with Crippen molar-refractivity contribution in [1.82, 2.24) is 4.90 Å². The van der Waals surface area contributed by atoms with Crippen LogP contribution in [0.5, 0.6) is 0 Å². The van der Waals surface area contributed by atoms with Gasteiger partial charge in [-0.15, -0.1) is 0 Å². The maximum atomic E-state index is 12.0. The Morgan fingerprint density at radius 1 is 1.39 bits per heavy atom. The summed E-state index contributed by atoms with van der Waals surface area (Å²) in [6.07, 6.45) is 0.672. The van der Waals surface area contributed by atoms with Gasteiger partial charge in [0.1, 0.15) is 5.84 Å². The highest BCUT2D eigenvalue weighted by Crippen LogP contribution is 2.41. The molecule has 0 saturated heterocycles. The number of amides is 1. The maximum Gasteiger partial charge on any atom is 0.250 e. The molecule has 0 saturated carbocycles. The third-order valence-electron chi connectivity index (χ3n) is 3.81. The van der Waals surface area contributed by atoms with Crippen LogP contribution in [0.1, 0.15) is 34.1 Å². The molecule has 5 heteroatoms. The number of carbonyl (C=O) groups excluding carboxylic acids is 1. The first-order chi connectivity index (χ1) is 7.88. The van der Waals surface area contributed by atoms with Crippen molar-refractivity contribution in [3.8, 4) is 0 Å². The van der Waals surface area contributed by atoms with E-state index in [9.17, 15) is 9.59 Å². The van der Waals surface area contributed by atoms with Gasteiger partial charge in [-0.3, -0.25) is 4.79 Å². The van der Waals surface area contributed by atoms with Crippen molar-refractivity contribution in [3.63, 3.8) is 0 Å². The molecule has 0 aliphatic carbocycles. The molecule has 0 radical (unpaired) electrons. The molecule has 0 aliphatic rings. The zero-order chi connectivity index (χ0) is 14.7. The van der Waals surface area contributed by atoms with Crippen LogP contribution in [0.25, 0.3) is 0 Å². The van der Waals surface area contributed by atoms with Crippen LogP contribution < -0.4 is 0 Å². The van der Waals surface area contributed by atoms with Gasteiger partial charge in [-0.25, -0.2) is 4.99 Å². The maximum absolute atomic E-state index is 12.0. The van der Waals surface area contributed by atoms with Crippen LogP contribution in [0.15, 0.2) is 4.99 Å². The highest BCUT2D eigenvalue weighted by Gasteiger charge is 2.39. The Balaban J connectivity index is 4.75. The summed E-state index contributed by atoms with van der Waals surface area (Å²) >= 11 is 0. The van der Waals surface area contributed by atoms with E-state index < -0.39 is 8.32 Å². The van der Waals surface area contributed by atoms with Gasteiger partial charge in [-0.05, 0) is 31.5 Å². The molecule has 0 fully saturated rings. The molecule has 0 spiro atoms. The SMILES string of the molecule is CC(=NC(=O)[C@@H](C)CC(C)(C)[Si](C)(C)O)N(C)C. The average molecular weight is 272 g/mol. The van der Waals surface area contributed by atoms with Crippen LogP contribution in [-0.2, 0) is 4.79 Å². The molecule has 0 bridgehead atoms. The molecule has 18 heavy (non-hydrogen) atoms. The Labute approximate surface area is 112 Å². The zero-order valence-electron chi connectivity index (χ0n) is 13.0. The first-order valence-corrected chi connectivity index (χ1v) is 9.32. The van der Waals surface area contributed by atoms with Crippen molar-refractivity contribution < 1.29 is 9.59 Å². The normalized spacial score (nSPS) is 15.5. The Morgan fingerprint density at radius 2 is 1.83 bits per heavy atom. The number of amidine groups is 1. The molecular formula is C13H28N2O2Si. The van der Waals surface area contributed by atoms with Crippen molar-refractivity contribution in [3.05, 3.63) is 0 Å².